The van der Waals surface area contributed by atoms with Crippen molar-refractivity contribution in [2.24, 2.45) is 5.92 Å². The van der Waals surface area contributed by atoms with Crippen molar-refractivity contribution in [3.63, 3.8) is 0 Å². The third-order valence-electron chi connectivity index (χ3n) is 2.49. The van der Waals surface area contributed by atoms with E-state index in [0.717, 1.165) is 6.42 Å². The van der Waals surface area contributed by atoms with Crippen LogP contribution < -0.4 is 5.32 Å². The topological polar surface area (TPSA) is 29.1 Å². The molecule has 1 aliphatic heterocycles. The zero-order valence-corrected chi connectivity index (χ0v) is 7.80. The number of halogens is 1. The number of hydrogen-bond acceptors (Lipinski definition) is 1. The van der Waals surface area contributed by atoms with Crippen LogP contribution in [0.4, 0.5) is 0 Å². The summed E-state index contributed by atoms with van der Waals surface area (Å²) in [5, 5.41) is 3.02. The van der Waals surface area contributed by atoms with Gasteiger partial charge in [0.05, 0.1) is 0 Å². The van der Waals surface area contributed by atoms with Crippen molar-refractivity contribution in [3.05, 3.63) is 0 Å². The largest absolute Gasteiger partial charge is 0.352 e. The number of hydrogen-bond donors (Lipinski definition) is 1. The van der Waals surface area contributed by atoms with Crippen LogP contribution >= 0.6 is 22.6 Å². The Hall–Kier alpha value is 0.200. The third kappa shape index (κ3) is 0.946. The summed E-state index contributed by atoms with van der Waals surface area (Å²) in [7, 11) is 0. The summed E-state index contributed by atoms with van der Waals surface area (Å²) < 4.78 is 0.689. The summed E-state index contributed by atoms with van der Waals surface area (Å²) in [6.07, 6.45) is 3.32. The van der Waals surface area contributed by atoms with Gasteiger partial charge in [-0.15, -0.1) is 0 Å². The second kappa shape index (κ2) is 2.36. The molecule has 2 nitrogen and oxygen atoms in total. The molecule has 1 aliphatic carbocycles. The number of rotatable bonds is 0. The van der Waals surface area contributed by atoms with Gasteiger partial charge in [0.25, 0.3) is 0 Å². The van der Waals surface area contributed by atoms with Crippen molar-refractivity contribution < 1.29 is 4.79 Å². The monoisotopic (exact) mass is 251 g/mol. The first kappa shape index (κ1) is 6.88. The molecule has 0 bridgehead atoms. The molecule has 0 aromatic carbocycles. The fourth-order valence-corrected chi connectivity index (χ4v) is 3.07. The van der Waals surface area contributed by atoms with E-state index in [-0.39, 0.29) is 5.91 Å². The summed E-state index contributed by atoms with van der Waals surface area (Å²) >= 11 is 2.44. The van der Waals surface area contributed by atoms with E-state index in [9.17, 15) is 4.79 Å². The molecule has 0 aromatic rings. The van der Waals surface area contributed by atoms with Crippen molar-refractivity contribution in [2.75, 3.05) is 0 Å². The molecule has 1 saturated carbocycles. The van der Waals surface area contributed by atoms with Gasteiger partial charge in [-0.25, -0.2) is 0 Å². The van der Waals surface area contributed by atoms with E-state index < -0.39 is 0 Å². The van der Waals surface area contributed by atoms with Crippen LogP contribution in [-0.2, 0) is 4.79 Å². The summed E-state index contributed by atoms with van der Waals surface area (Å²) in [4.78, 5) is 10.9. The Bertz CT molecular complexity index is 171. The zero-order chi connectivity index (χ0) is 7.14. The van der Waals surface area contributed by atoms with E-state index >= 15 is 0 Å². The van der Waals surface area contributed by atoms with Crippen LogP contribution in [0.15, 0.2) is 0 Å². The van der Waals surface area contributed by atoms with Gasteiger partial charge in [-0.1, -0.05) is 22.6 Å². The smallest absolute Gasteiger partial charge is 0.220 e. The lowest BCUT2D eigenvalue weighted by molar-refractivity contribution is -0.119. The molecular formula is C7H10INO. The van der Waals surface area contributed by atoms with Crippen molar-refractivity contribution in [1.82, 2.24) is 5.32 Å². The number of amides is 1. The van der Waals surface area contributed by atoms with Crippen LogP contribution in [0.1, 0.15) is 19.3 Å². The number of carbonyl (C=O) groups excluding carboxylic acids is 1. The Morgan fingerprint density at radius 3 is 3.00 bits per heavy atom. The SMILES string of the molecule is O=C1C[C@@H]2CC[C@H](I)[C@@H]2N1. The quantitative estimate of drug-likeness (QED) is 0.506. The van der Waals surface area contributed by atoms with E-state index in [4.69, 9.17) is 0 Å². The van der Waals surface area contributed by atoms with Gasteiger partial charge in [-0.2, -0.15) is 0 Å². The van der Waals surface area contributed by atoms with Crippen LogP contribution in [0.3, 0.4) is 0 Å². The minimum atomic E-state index is 0.261. The fraction of sp³-hybridized carbons (Fsp3) is 0.857. The van der Waals surface area contributed by atoms with Gasteiger partial charge >= 0.3 is 0 Å². The maximum Gasteiger partial charge on any atom is 0.220 e. The Morgan fingerprint density at radius 1 is 1.50 bits per heavy atom. The highest BCUT2D eigenvalue weighted by atomic mass is 127. The van der Waals surface area contributed by atoms with E-state index in [0.29, 0.717) is 15.9 Å². The first-order valence-electron chi connectivity index (χ1n) is 3.71. The maximum atomic E-state index is 10.9. The minimum absolute atomic E-state index is 0.261. The predicted molar refractivity (Wildman–Crippen MR) is 47.1 cm³/mol. The molecule has 2 aliphatic rings. The standard InChI is InChI=1S/C7H10INO/c8-5-2-1-4-3-6(10)9-7(4)5/h4-5,7H,1-3H2,(H,9,10)/t4-,5-,7+/m0/s1. The van der Waals surface area contributed by atoms with Crippen molar-refractivity contribution in [1.29, 1.82) is 0 Å². The van der Waals surface area contributed by atoms with Crippen molar-refractivity contribution in [3.8, 4) is 0 Å². The molecule has 0 unspecified atom stereocenters. The van der Waals surface area contributed by atoms with Crippen LogP contribution in [0.25, 0.3) is 0 Å². The highest BCUT2D eigenvalue weighted by Gasteiger charge is 2.41. The molecule has 3 heteroatoms. The van der Waals surface area contributed by atoms with Crippen LogP contribution in [0.5, 0.6) is 0 Å². The molecule has 0 radical (unpaired) electrons. The highest BCUT2D eigenvalue weighted by Crippen LogP contribution is 2.36. The van der Waals surface area contributed by atoms with Crippen molar-refractivity contribution in [2.45, 2.75) is 29.2 Å². The molecule has 0 aromatic heterocycles. The summed E-state index contributed by atoms with van der Waals surface area (Å²) in [6, 6.07) is 0.507. The molecule has 2 rings (SSSR count). The van der Waals surface area contributed by atoms with E-state index in [2.05, 4.69) is 27.9 Å². The zero-order valence-electron chi connectivity index (χ0n) is 5.64. The molecule has 1 amide bonds. The Kier molecular flexibility index (Phi) is 1.62. The Morgan fingerprint density at radius 2 is 2.30 bits per heavy atom. The number of nitrogens with one attached hydrogen (secondary N) is 1. The van der Waals surface area contributed by atoms with Gasteiger partial charge in [-0.05, 0) is 18.8 Å². The van der Waals surface area contributed by atoms with Gasteiger partial charge in [0, 0.05) is 16.4 Å². The lowest BCUT2D eigenvalue weighted by Crippen LogP contribution is -2.32. The Labute approximate surface area is 73.9 Å². The molecule has 1 heterocycles. The van der Waals surface area contributed by atoms with E-state index in [1.54, 1.807) is 0 Å². The first-order valence-corrected chi connectivity index (χ1v) is 4.95. The molecule has 2 fully saturated rings. The lowest BCUT2D eigenvalue weighted by atomic mass is 10.1. The molecule has 0 spiro atoms. The highest BCUT2D eigenvalue weighted by molar-refractivity contribution is 14.1. The molecule has 1 saturated heterocycles. The van der Waals surface area contributed by atoms with Gasteiger partial charge in [-0.3, -0.25) is 4.79 Å². The lowest BCUT2D eigenvalue weighted by Gasteiger charge is -2.11. The van der Waals surface area contributed by atoms with Crippen LogP contribution in [0, 0.1) is 5.92 Å². The van der Waals surface area contributed by atoms with E-state index in [1.807, 2.05) is 0 Å². The fourth-order valence-electron chi connectivity index (χ4n) is 1.95. The second-order valence-corrected chi connectivity index (χ2v) is 4.75. The average Bonchev–Trinajstić information content (AvgIpc) is 2.35. The third-order valence-corrected chi connectivity index (χ3v) is 3.88. The van der Waals surface area contributed by atoms with E-state index in [1.165, 1.54) is 12.8 Å². The number of fused-ring (bicyclic) bond motifs is 1. The van der Waals surface area contributed by atoms with Gasteiger partial charge in [0.15, 0.2) is 0 Å². The maximum absolute atomic E-state index is 10.9. The molecule has 10 heavy (non-hydrogen) atoms. The number of alkyl halides is 1. The van der Waals surface area contributed by atoms with Gasteiger partial charge < -0.3 is 5.32 Å². The minimum Gasteiger partial charge on any atom is -0.352 e. The molecule has 3 atom stereocenters. The number of carbonyl (C=O) groups is 1. The molecule has 1 N–H and O–H groups in total. The van der Waals surface area contributed by atoms with Crippen LogP contribution in [-0.4, -0.2) is 15.9 Å². The van der Waals surface area contributed by atoms with Gasteiger partial charge in [0.1, 0.15) is 0 Å². The summed E-state index contributed by atoms with van der Waals surface area (Å²) in [6.45, 7) is 0. The normalized spacial score (nSPS) is 45.3. The molecular weight excluding hydrogens is 241 g/mol. The van der Waals surface area contributed by atoms with Crippen molar-refractivity contribution >= 4 is 28.5 Å². The van der Waals surface area contributed by atoms with Crippen LogP contribution in [0.2, 0.25) is 0 Å². The average molecular weight is 251 g/mol. The second-order valence-electron chi connectivity index (χ2n) is 3.15. The Balaban J connectivity index is 2.12. The summed E-state index contributed by atoms with van der Waals surface area (Å²) in [5.41, 5.74) is 0. The van der Waals surface area contributed by atoms with Gasteiger partial charge in [0.2, 0.25) is 5.91 Å². The first-order chi connectivity index (χ1) is 4.77. The molecule has 56 valence electrons. The predicted octanol–water partition coefficient (Wildman–Crippen LogP) is 1.09. The summed E-state index contributed by atoms with van der Waals surface area (Å²) in [5.74, 6) is 0.922.